The van der Waals surface area contributed by atoms with Crippen molar-refractivity contribution in [3.05, 3.63) is 59.7 Å². The molecule has 1 N–H and O–H groups in total. The number of hydrogen-bond acceptors (Lipinski definition) is 1. The Balaban J connectivity index is 2.14. The molecule has 19 heavy (non-hydrogen) atoms. The zero-order chi connectivity index (χ0) is 13.7. The van der Waals surface area contributed by atoms with Crippen molar-refractivity contribution in [1.82, 2.24) is 9.88 Å². The normalized spacial score (nSPS) is 12.6. The molecule has 0 radical (unpaired) electrons. The van der Waals surface area contributed by atoms with Crippen molar-refractivity contribution < 1.29 is 4.39 Å². The van der Waals surface area contributed by atoms with E-state index in [1.807, 2.05) is 24.4 Å². The highest BCUT2D eigenvalue weighted by atomic mass is 19.1. The fraction of sp³-hybridized carbons (Fsp3) is 0.375. The van der Waals surface area contributed by atoms with Gasteiger partial charge in [-0.25, -0.2) is 4.39 Å². The Labute approximate surface area is 114 Å². The molecule has 2 nitrogen and oxygen atoms in total. The highest BCUT2D eigenvalue weighted by molar-refractivity contribution is 5.20. The van der Waals surface area contributed by atoms with Crippen molar-refractivity contribution in [3.8, 4) is 0 Å². The Bertz CT molecular complexity index is 519. The molecule has 0 saturated carbocycles. The van der Waals surface area contributed by atoms with Gasteiger partial charge < -0.3 is 9.88 Å². The predicted molar refractivity (Wildman–Crippen MR) is 76.6 cm³/mol. The van der Waals surface area contributed by atoms with Gasteiger partial charge in [-0.15, -0.1) is 0 Å². The molecule has 1 atom stereocenters. The van der Waals surface area contributed by atoms with Gasteiger partial charge >= 0.3 is 0 Å². The molecular weight excluding hydrogens is 239 g/mol. The fourth-order valence-electron chi connectivity index (χ4n) is 2.24. The number of benzene rings is 1. The second-order valence-electron chi connectivity index (χ2n) is 4.83. The Kier molecular flexibility index (Phi) is 4.74. The smallest absolute Gasteiger partial charge is 0.128 e. The lowest BCUT2D eigenvalue weighted by atomic mass is 10.2. The molecule has 102 valence electrons. The molecule has 0 aliphatic rings. The summed E-state index contributed by atoms with van der Waals surface area (Å²) >= 11 is 0. The van der Waals surface area contributed by atoms with Gasteiger partial charge in [-0.2, -0.15) is 0 Å². The molecule has 1 aromatic heterocycles. The molecule has 1 aromatic carbocycles. The summed E-state index contributed by atoms with van der Waals surface area (Å²) in [6.45, 7) is 5.86. The van der Waals surface area contributed by atoms with Crippen molar-refractivity contribution in [3.63, 3.8) is 0 Å². The minimum atomic E-state index is -0.142. The maximum Gasteiger partial charge on any atom is 0.128 e. The van der Waals surface area contributed by atoms with Crippen molar-refractivity contribution in [2.24, 2.45) is 0 Å². The summed E-state index contributed by atoms with van der Waals surface area (Å²) in [7, 11) is 0. The van der Waals surface area contributed by atoms with Gasteiger partial charge in [0.25, 0.3) is 0 Å². The number of nitrogens with zero attached hydrogens (tertiary/aromatic N) is 1. The maximum atomic E-state index is 13.7. The molecule has 3 heteroatoms. The standard InChI is InChI=1S/C16H21FN2/c1-3-10-18-13(2)16-9-6-11-19(16)12-14-7-4-5-8-15(14)17/h4-9,11,13,18H,3,10,12H2,1-2H3. The Morgan fingerprint density at radius 3 is 2.74 bits per heavy atom. The molecule has 0 bridgehead atoms. The van der Waals surface area contributed by atoms with Crippen LogP contribution in [0.5, 0.6) is 0 Å². The van der Waals surface area contributed by atoms with Crippen molar-refractivity contribution in [2.75, 3.05) is 6.54 Å². The minimum absolute atomic E-state index is 0.142. The number of nitrogens with one attached hydrogen (secondary N) is 1. The molecule has 0 aliphatic heterocycles. The van der Waals surface area contributed by atoms with Crippen LogP contribution in [0.3, 0.4) is 0 Å². The Hall–Kier alpha value is -1.61. The van der Waals surface area contributed by atoms with Gasteiger partial charge in [-0.05, 0) is 38.1 Å². The molecule has 0 saturated heterocycles. The van der Waals surface area contributed by atoms with E-state index in [1.165, 1.54) is 11.8 Å². The molecule has 2 rings (SSSR count). The van der Waals surface area contributed by atoms with Crippen molar-refractivity contribution in [2.45, 2.75) is 32.9 Å². The maximum absolute atomic E-state index is 13.7. The van der Waals surface area contributed by atoms with E-state index < -0.39 is 0 Å². The average Bonchev–Trinajstić information content (AvgIpc) is 2.87. The predicted octanol–water partition coefficient (Wildman–Crippen LogP) is 3.74. The van der Waals surface area contributed by atoms with Crippen LogP contribution in [-0.4, -0.2) is 11.1 Å². The summed E-state index contributed by atoms with van der Waals surface area (Å²) in [5.41, 5.74) is 1.92. The van der Waals surface area contributed by atoms with E-state index in [0.29, 0.717) is 6.54 Å². The van der Waals surface area contributed by atoms with Crippen LogP contribution in [0.15, 0.2) is 42.6 Å². The minimum Gasteiger partial charge on any atom is -0.345 e. The van der Waals surface area contributed by atoms with E-state index in [2.05, 4.69) is 29.8 Å². The number of aromatic nitrogens is 1. The third-order valence-corrected chi connectivity index (χ3v) is 3.31. The molecule has 0 fully saturated rings. The lowest BCUT2D eigenvalue weighted by molar-refractivity contribution is 0.529. The number of hydrogen-bond donors (Lipinski definition) is 1. The SMILES string of the molecule is CCCNC(C)c1cccn1Cc1ccccc1F. The highest BCUT2D eigenvalue weighted by Crippen LogP contribution is 2.16. The lowest BCUT2D eigenvalue weighted by Crippen LogP contribution is -2.22. The van der Waals surface area contributed by atoms with Gasteiger partial charge in [0.05, 0.1) is 6.54 Å². The van der Waals surface area contributed by atoms with Crippen LogP contribution in [0.4, 0.5) is 4.39 Å². The fourth-order valence-corrected chi connectivity index (χ4v) is 2.24. The van der Waals surface area contributed by atoms with Crippen LogP contribution in [-0.2, 0) is 6.54 Å². The molecule has 1 unspecified atom stereocenters. The van der Waals surface area contributed by atoms with Gasteiger partial charge in [0.1, 0.15) is 5.82 Å². The van der Waals surface area contributed by atoms with Crippen LogP contribution < -0.4 is 5.32 Å². The summed E-state index contributed by atoms with van der Waals surface area (Å²) in [4.78, 5) is 0. The van der Waals surface area contributed by atoms with E-state index in [1.54, 1.807) is 6.07 Å². The number of rotatable bonds is 6. The zero-order valence-corrected chi connectivity index (χ0v) is 11.6. The third-order valence-electron chi connectivity index (χ3n) is 3.31. The van der Waals surface area contributed by atoms with Gasteiger partial charge in [0, 0.05) is 23.5 Å². The molecular formula is C16H21FN2. The highest BCUT2D eigenvalue weighted by Gasteiger charge is 2.10. The van der Waals surface area contributed by atoms with Gasteiger partial charge in [0.15, 0.2) is 0 Å². The van der Waals surface area contributed by atoms with Gasteiger partial charge in [0.2, 0.25) is 0 Å². The van der Waals surface area contributed by atoms with Crippen LogP contribution in [0, 0.1) is 5.82 Å². The Morgan fingerprint density at radius 1 is 1.21 bits per heavy atom. The van der Waals surface area contributed by atoms with Crippen LogP contribution in [0.2, 0.25) is 0 Å². The van der Waals surface area contributed by atoms with Crippen LogP contribution in [0.25, 0.3) is 0 Å². The Morgan fingerprint density at radius 2 is 2.00 bits per heavy atom. The molecule has 0 amide bonds. The molecule has 1 heterocycles. The van der Waals surface area contributed by atoms with E-state index in [0.717, 1.165) is 18.5 Å². The van der Waals surface area contributed by atoms with Crippen molar-refractivity contribution >= 4 is 0 Å². The second kappa shape index (κ2) is 6.53. The summed E-state index contributed by atoms with van der Waals surface area (Å²) < 4.78 is 15.8. The van der Waals surface area contributed by atoms with Gasteiger partial charge in [-0.1, -0.05) is 25.1 Å². The van der Waals surface area contributed by atoms with Crippen LogP contribution in [0.1, 0.15) is 37.6 Å². The van der Waals surface area contributed by atoms with Crippen LogP contribution >= 0.6 is 0 Å². The first kappa shape index (κ1) is 13.8. The van der Waals surface area contributed by atoms with Crippen molar-refractivity contribution in [1.29, 1.82) is 0 Å². The molecule has 0 aliphatic carbocycles. The van der Waals surface area contributed by atoms with E-state index in [-0.39, 0.29) is 11.9 Å². The average molecular weight is 260 g/mol. The summed E-state index contributed by atoms with van der Waals surface area (Å²) in [6.07, 6.45) is 3.12. The summed E-state index contributed by atoms with van der Waals surface area (Å²) in [5, 5.41) is 3.46. The largest absolute Gasteiger partial charge is 0.345 e. The van der Waals surface area contributed by atoms with Gasteiger partial charge in [-0.3, -0.25) is 0 Å². The topological polar surface area (TPSA) is 17.0 Å². The molecule has 0 spiro atoms. The lowest BCUT2D eigenvalue weighted by Gasteiger charge is -2.17. The summed E-state index contributed by atoms with van der Waals surface area (Å²) in [6, 6.07) is 11.3. The monoisotopic (exact) mass is 260 g/mol. The zero-order valence-electron chi connectivity index (χ0n) is 11.6. The number of halogens is 1. The van der Waals surface area contributed by atoms with E-state index >= 15 is 0 Å². The third kappa shape index (κ3) is 3.44. The van der Waals surface area contributed by atoms with E-state index in [4.69, 9.17) is 0 Å². The first-order chi connectivity index (χ1) is 9.22. The first-order valence-corrected chi connectivity index (χ1v) is 6.84. The summed E-state index contributed by atoms with van der Waals surface area (Å²) in [5.74, 6) is -0.142. The first-order valence-electron chi connectivity index (χ1n) is 6.84. The molecule has 2 aromatic rings. The second-order valence-corrected chi connectivity index (χ2v) is 4.83. The quantitative estimate of drug-likeness (QED) is 0.837. The van der Waals surface area contributed by atoms with E-state index in [9.17, 15) is 4.39 Å².